The lowest BCUT2D eigenvalue weighted by molar-refractivity contribution is -0.190. The third kappa shape index (κ3) is 7.94. The van der Waals surface area contributed by atoms with Gasteiger partial charge >= 0.3 is 0 Å². The number of allylic oxidation sites excluding steroid dienone is 1. The first-order chi connectivity index (χ1) is 17.2. The molecule has 0 N–H and O–H groups in total. The summed E-state index contributed by atoms with van der Waals surface area (Å²) in [4.78, 5) is 15.2. The average molecular weight is 484 g/mol. The Kier molecular flexibility index (Phi) is 11.9. The molecule has 2 atom stereocenters. The molecule has 2 aliphatic heterocycles. The summed E-state index contributed by atoms with van der Waals surface area (Å²) in [5.74, 6) is 0.976. The van der Waals surface area contributed by atoms with Crippen molar-refractivity contribution in [3.63, 3.8) is 0 Å². The van der Waals surface area contributed by atoms with Gasteiger partial charge in [-0.05, 0) is 62.6 Å². The Labute approximate surface area is 212 Å². The molecule has 1 aromatic rings. The molecule has 0 aromatic heterocycles. The van der Waals surface area contributed by atoms with Crippen molar-refractivity contribution in [2.45, 2.75) is 109 Å². The number of benzene rings is 1. The quantitative estimate of drug-likeness (QED) is 0.183. The highest BCUT2D eigenvalue weighted by Gasteiger charge is 2.34. The molecule has 5 nitrogen and oxygen atoms in total. The third-order valence-corrected chi connectivity index (χ3v) is 6.98. The number of carbonyl (C=O) groups is 1. The van der Waals surface area contributed by atoms with Gasteiger partial charge in [0.05, 0.1) is 5.69 Å². The van der Waals surface area contributed by atoms with Crippen molar-refractivity contribution in [3.05, 3.63) is 48.6 Å². The summed E-state index contributed by atoms with van der Waals surface area (Å²) >= 11 is 0. The molecule has 0 aliphatic carbocycles. The predicted molar refractivity (Wildman–Crippen MR) is 143 cm³/mol. The molecule has 1 amide bonds. The van der Waals surface area contributed by atoms with E-state index in [1.54, 1.807) is 6.08 Å². The van der Waals surface area contributed by atoms with Gasteiger partial charge in [0, 0.05) is 18.6 Å². The van der Waals surface area contributed by atoms with Gasteiger partial charge in [-0.3, -0.25) is 9.69 Å². The van der Waals surface area contributed by atoms with E-state index >= 15 is 0 Å². The fourth-order valence-electron chi connectivity index (χ4n) is 5.15. The summed E-state index contributed by atoms with van der Waals surface area (Å²) in [6.45, 7) is 11.2. The first kappa shape index (κ1) is 27.5. The summed E-state index contributed by atoms with van der Waals surface area (Å²) < 4.78 is 18.4. The molecule has 0 spiro atoms. The highest BCUT2D eigenvalue weighted by atomic mass is 16.7. The summed E-state index contributed by atoms with van der Waals surface area (Å²) in [6, 6.07) is 4.01. The largest absolute Gasteiger partial charge is 0.489 e. The molecule has 0 radical (unpaired) electrons. The van der Waals surface area contributed by atoms with Crippen LogP contribution in [0.3, 0.4) is 0 Å². The molecular weight excluding hydrogens is 438 g/mol. The van der Waals surface area contributed by atoms with Crippen LogP contribution in [0, 0.1) is 0 Å². The number of hydrogen-bond donors (Lipinski definition) is 0. The van der Waals surface area contributed by atoms with Crippen LogP contribution in [-0.2, 0) is 27.1 Å². The number of anilines is 1. The van der Waals surface area contributed by atoms with Gasteiger partial charge < -0.3 is 14.2 Å². The van der Waals surface area contributed by atoms with Crippen molar-refractivity contribution in [2.75, 3.05) is 18.1 Å². The minimum Gasteiger partial charge on any atom is -0.489 e. The maximum Gasteiger partial charge on any atom is 0.229 e. The standard InChI is InChI=1S/C30H45NO4/c1-4-7-8-9-10-11-12-16-29(35-30-17-13-14-23-34-30)31-26-19-20-27(33-22-6-3)25(15-5-2)24(26)18-21-28(31)32/h5-6,19-20,29-30H,2-4,7-18,21-23H2,1H3. The lowest BCUT2D eigenvalue weighted by atomic mass is 9.92. The molecule has 2 heterocycles. The first-order valence-corrected chi connectivity index (χ1v) is 13.8. The fourth-order valence-corrected chi connectivity index (χ4v) is 5.15. The van der Waals surface area contributed by atoms with Crippen LogP contribution in [0.15, 0.2) is 37.4 Å². The summed E-state index contributed by atoms with van der Waals surface area (Å²) in [5.41, 5.74) is 3.23. The fraction of sp³-hybridized carbons (Fsp3) is 0.633. The van der Waals surface area contributed by atoms with Crippen molar-refractivity contribution in [2.24, 2.45) is 0 Å². The van der Waals surface area contributed by atoms with E-state index in [1.807, 2.05) is 23.1 Å². The van der Waals surface area contributed by atoms with Gasteiger partial charge in [-0.1, -0.05) is 64.2 Å². The van der Waals surface area contributed by atoms with Crippen LogP contribution in [-0.4, -0.2) is 31.6 Å². The van der Waals surface area contributed by atoms with E-state index in [0.29, 0.717) is 25.9 Å². The van der Waals surface area contributed by atoms with Gasteiger partial charge in [-0.25, -0.2) is 0 Å². The monoisotopic (exact) mass is 483 g/mol. The van der Waals surface area contributed by atoms with Crippen LogP contribution < -0.4 is 9.64 Å². The zero-order valence-corrected chi connectivity index (χ0v) is 21.8. The van der Waals surface area contributed by atoms with Gasteiger partial charge in [0.2, 0.25) is 5.91 Å². The lowest BCUT2D eigenvalue weighted by Crippen LogP contribution is -2.47. The average Bonchev–Trinajstić information content (AvgIpc) is 2.87. The Morgan fingerprint density at radius 2 is 1.89 bits per heavy atom. The minimum atomic E-state index is -0.309. The second-order valence-electron chi connectivity index (χ2n) is 9.69. The van der Waals surface area contributed by atoms with E-state index in [1.165, 1.54) is 44.1 Å². The molecule has 0 saturated carbocycles. The zero-order chi connectivity index (χ0) is 24.9. The smallest absolute Gasteiger partial charge is 0.229 e. The Balaban J connectivity index is 1.81. The number of amides is 1. The van der Waals surface area contributed by atoms with Gasteiger partial charge in [-0.15, -0.1) is 6.58 Å². The number of fused-ring (bicyclic) bond motifs is 1. The highest BCUT2D eigenvalue weighted by Crippen LogP contribution is 2.38. The summed E-state index contributed by atoms with van der Waals surface area (Å²) in [6.07, 6.45) is 17.5. The summed E-state index contributed by atoms with van der Waals surface area (Å²) in [7, 11) is 0. The maximum absolute atomic E-state index is 13.3. The number of unbranched alkanes of at least 4 members (excludes halogenated alkanes) is 6. The second-order valence-corrected chi connectivity index (χ2v) is 9.69. The molecule has 0 bridgehead atoms. The van der Waals surface area contributed by atoms with E-state index in [-0.39, 0.29) is 18.4 Å². The zero-order valence-electron chi connectivity index (χ0n) is 21.8. The topological polar surface area (TPSA) is 48.0 Å². The molecule has 35 heavy (non-hydrogen) atoms. The van der Waals surface area contributed by atoms with Crippen LogP contribution in [0.25, 0.3) is 0 Å². The van der Waals surface area contributed by atoms with E-state index in [4.69, 9.17) is 14.2 Å². The van der Waals surface area contributed by atoms with Crippen molar-refractivity contribution < 1.29 is 19.0 Å². The maximum atomic E-state index is 13.3. The third-order valence-electron chi connectivity index (χ3n) is 6.98. The minimum absolute atomic E-state index is 0.130. The number of ether oxygens (including phenoxy) is 3. The second kappa shape index (κ2) is 15.1. The van der Waals surface area contributed by atoms with Crippen LogP contribution in [0.1, 0.15) is 95.1 Å². The number of nitrogens with zero attached hydrogens (tertiary/aromatic N) is 1. The van der Waals surface area contributed by atoms with Crippen LogP contribution in [0.2, 0.25) is 0 Å². The molecule has 2 unspecified atom stereocenters. The SMILES string of the molecule is C=CCOc1ccc2c(c1CC=C)CCC(=O)N2C(CCCCCCCCC)OC1CCCCO1. The highest BCUT2D eigenvalue weighted by molar-refractivity contribution is 5.97. The molecule has 2 aliphatic rings. The Bertz CT molecular complexity index is 815. The molecule has 5 heteroatoms. The van der Waals surface area contributed by atoms with Crippen LogP contribution in [0.5, 0.6) is 5.75 Å². The molecular formula is C30H45NO4. The van der Waals surface area contributed by atoms with Gasteiger partial charge in [0.15, 0.2) is 6.29 Å². The van der Waals surface area contributed by atoms with Gasteiger partial charge in [-0.2, -0.15) is 0 Å². The predicted octanol–water partition coefficient (Wildman–Crippen LogP) is 7.27. The van der Waals surface area contributed by atoms with Crippen LogP contribution >= 0.6 is 0 Å². The normalized spacial score (nSPS) is 18.7. The molecule has 194 valence electrons. The number of rotatable bonds is 16. The lowest BCUT2D eigenvalue weighted by Gasteiger charge is -2.39. The Hall–Kier alpha value is -2.11. The van der Waals surface area contributed by atoms with E-state index in [2.05, 4.69) is 20.1 Å². The van der Waals surface area contributed by atoms with Crippen molar-refractivity contribution in [3.8, 4) is 5.75 Å². The molecule has 1 fully saturated rings. The number of carbonyl (C=O) groups excluding carboxylic acids is 1. The van der Waals surface area contributed by atoms with E-state index < -0.39 is 0 Å². The van der Waals surface area contributed by atoms with Crippen molar-refractivity contribution in [1.82, 2.24) is 0 Å². The summed E-state index contributed by atoms with van der Waals surface area (Å²) in [5, 5.41) is 0. The van der Waals surface area contributed by atoms with Crippen molar-refractivity contribution >= 4 is 11.6 Å². The van der Waals surface area contributed by atoms with Crippen molar-refractivity contribution in [1.29, 1.82) is 0 Å². The molecule has 1 aromatic carbocycles. The molecule has 3 rings (SSSR count). The van der Waals surface area contributed by atoms with Gasteiger partial charge in [0.1, 0.15) is 18.6 Å². The Morgan fingerprint density at radius 1 is 1.09 bits per heavy atom. The first-order valence-electron chi connectivity index (χ1n) is 13.8. The van der Waals surface area contributed by atoms with E-state index in [0.717, 1.165) is 55.7 Å². The van der Waals surface area contributed by atoms with E-state index in [9.17, 15) is 4.79 Å². The molecule has 1 saturated heterocycles. The van der Waals surface area contributed by atoms with Crippen LogP contribution in [0.4, 0.5) is 5.69 Å². The van der Waals surface area contributed by atoms with Gasteiger partial charge in [0.25, 0.3) is 0 Å². The number of hydrogen-bond acceptors (Lipinski definition) is 4. The Morgan fingerprint density at radius 3 is 2.60 bits per heavy atom.